The summed E-state index contributed by atoms with van der Waals surface area (Å²) >= 11 is 0. The monoisotopic (exact) mass is 406 g/mol. The molecule has 7 heteroatoms. The van der Waals surface area contributed by atoms with Crippen LogP contribution in [-0.2, 0) is 17.9 Å². The lowest BCUT2D eigenvalue weighted by atomic mass is 10.1. The molecule has 0 spiro atoms. The van der Waals surface area contributed by atoms with Crippen molar-refractivity contribution in [3.63, 3.8) is 0 Å². The Morgan fingerprint density at radius 3 is 2.77 bits per heavy atom. The van der Waals surface area contributed by atoms with Crippen LogP contribution >= 0.6 is 0 Å². The van der Waals surface area contributed by atoms with Gasteiger partial charge in [-0.15, -0.1) is 0 Å². The van der Waals surface area contributed by atoms with Gasteiger partial charge in [0, 0.05) is 44.5 Å². The van der Waals surface area contributed by atoms with Gasteiger partial charge in [0.15, 0.2) is 11.5 Å². The van der Waals surface area contributed by atoms with Crippen molar-refractivity contribution in [3.8, 4) is 11.5 Å². The highest BCUT2D eigenvalue weighted by molar-refractivity contribution is 5.82. The third-order valence-corrected chi connectivity index (χ3v) is 6.01. The number of carbonyl (C=O) groups excluding carboxylic acids is 1. The smallest absolute Gasteiger partial charge is 0.231 e. The Morgan fingerprint density at radius 1 is 1.07 bits per heavy atom. The first-order valence-corrected chi connectivity index (χ1v) is 10.5. The van der Waals surface area contributed by atoms with Crippen molar-refractivity contribution in [2.24, 2.45) is 0 Å². The molecule has 3 aromatic rings. The molecule has 1 fully saturated rings. The van der Waals surface area contributed by atoms with Gasteiger partial charge in [-0.05, 0) is 36.2 Å². The summed E-state index contributed by atoms with van der Waals surface area (Å²) in [6, 6.07) is 12.3. The summed E-state index contributed by atoms with van der Waals surface area (Å²) < 4.78 is 12.8. The van der Waals surface area contributed by atoms with E-state index in [0.717, 1.165) is 55.1 Å². The van der Waals surface area contributed by atoms with Gasteiger partial charge in [0.1, 0.15) is 0 Å². The first kappa shape index (κ1) is 18.9. The van der Waals surface area contributed by atoms with Gasteiger partial charge in [0.05, 0.1) is 18.3 Å². The Labute approximate surface area is 175 Å². The average Bonchev–Trinajstić information content (AvgIpc) is 3.40. The van der Waals surface area contributed by atoms with Crippen LogP contribution in [0.15, 0.2) is 42.6 Å². The molecule has 0 atom stereocenters. The number of nitrogens with zero attached hydrogens (tertiary/aromatic N) is 4. The van der Waals surface area contributed by atoms with E-state index in [4.69, 9.17) is 9.47 Å². The predicted molar refractivity (Wildman–Crippen MR) is 114 cm³/mol. The highest BCUT2D eigenvalue weighted by Gasteiger charge is 2.22. The van der Waals surface area contributed by atoms with E-state index in [-0.39, 0.29) is 5.91 Å². The highest BCUT2D eigenvalue weighted by Crippen LogP contribution is 2.32. The van der Waals surface area contributed by atoms with Crippen LogP contribution in [0.3, 0.4) is 0 Å². The predicted octanol–water partition coefficient (Wildman–Crippen LogP) is 2.81. The maximum Gasteiger partial charge on any atom is 0.231 e. The molecule has 0 N–H and O–H groups in total. The van der Waals surface area contributed by atoms with Crippen LogP contribution in [0.2, 0.25) is 0 Å². The Bertz CT molecular complexity index is 1070. The molecular weight excluding hydrogens is 380 g/mol. The number of hydrogen-bond donors (Lipinski definition) is 0. The van der Waals surface area contributed by atoms with Crippen molar-refractivity contribution < 1.29 is 14.3 Å². The fourth-order valence-electron chi connectivity index (χ4n) is 4.24. The molecular formula is C23H26N4O3. The Morgan fingerprint density at radius 2 is 1.90 bits per heavy atom. The van der Waals surface area contributed by atoms with Gasteiger partial charge >= 0.3 is 0 Å². The number of benzene rings is 2. The van der Waals surface area contributed by atoms with E-state index in [1.807, 2.05) is 27.9 Å². The van der Waals surface area contributed by atoms with E-state index in [1.54, 1.807) is 0 Å². The Balaban J connectivity index is 1.13. The molecule has 0 radical (unpaired) electrons. The van der Waals surface area contributed by atoms with Crippen molar-refractivity contribution >= 4 is 16.8 Å². The largest absolute Gasteiger partial charge is 0.454 e. The van der Waals surface area contributed by atoms with Crippen LogP contribution in [-0.4, -0.2) is 58.5 Å². The number of amides is 1. The number of aryl methyl sites for hydroxylation is 2. The fourth-order valence-corrected chi connectivity index (χ4v) is 4.24. The van der Waals surface area contributed by atoms with Gasteiger partial charge < -0.3 is 14.4 Å². The van der Waals surface area contributed by atoms with Crippen molar-refractivity contribution in [1.82, 2.24) is 19.6 Å². The van der Waals surface area contributed by atoms with Crippen LogP contribution in [0, 0.1) is 6.92 Å². The number of carbonyl (C=O) groups is 1. The van der Waals surface area contributed by atoms with Crippen LogP contribution in [0.4, 0.5) is 0 Å². The number of fused-ring (bicyclic) bond motifs is 2. The number of aromatic nitrogens is 2. The zero-order valence-electron chi connectivity index (χ0n) is 17.2. The van der Waals surface area contributed by atoms with E-state index in [0.29, 0.717) is 19.8 Å². The molecule has 3 heterocycles. The Hall–Kier alpha value is -3.06. The molecule has 7 nitrogen and oxygen atoms in total. The SMILES string of the molecule is Cc1cccc2c1cnn2CCC(=O)N1CCN(Cc2ccc3c(c2)OCO3)CC1. The maximum absolute atomic E-state index is 12.7. The van der Waals surface area contributed by atoms with Gasteiger partial charge in [0.2, 0.25) is 12.7 Å². The summed E-state index contributed by atoms with van der Waals surface area (Å²) in [5.74, 6) is 1.84. The Kier molecular flexibility index (Phi) is 5.04. The van der Waals surface area contributed by atoms with Crippen LogP contribution < -0.4 is 9.47 Å². The maximum atomic E-state index is 12.7. The molecule has 2 aliphatic heterocycles. The minimum absolute atomic E-state index is 0.203. The van der Waals surface area contributed by atoms with Gasteiger partial charge in [-0.3, -0.25) is 14.4 Å². The molecule has 2 aromatic carbocycles. The lowest BCUT2D eigenvalue weighted by Gasteiger charge is -2.34. The molecule has 1 aromatic heterocycles. The molecule has 1 amide bonds. The molecule has 0 bridgehead atoms. The summed E-state index contributed by atoms with van der Waals surface area (Å²) in [6.07, 6.45) is 2.37. The van der Waals surface area contributed by atoms with Crippen LogP contribution in [0.5, 0.6) is 11.5 Å². The minimum Gasteiger partial charge on any atom is -0.454 e. The lowest BCUT2D eigenvalue weighted by Crippen LogP contribution is -2.48. The second-order valence-electron chi connectivity index (χ2n) is 7.97. The van der Waals surface area contributed by atoms with Gasteiger partial charge in [-0.25, -0.2) is 0 Å². The molecule has 0 saturated carbocycles. The summed E-state index contributed by atoms with van der Waals surface area (Å²) in [5, 5.41) is 5.63. The molecule has 0 aliphatic carbocycles. The summed E-state index contributed by atoms with van der Waals surface area (Å²) in [7, 11) is 0. The third kappa shape index (κ3) is 3.73. The average molecular weight is 406 g/mol. The fraction of sp³-hybridized carbons (Fsp3) is 0.391. The van der Waals surface area contributed by atoms with Crippen molar-refractivity contribution in [2.45, 2.75) is 26.4 Å². The molecule has 1 saturated heterocycles. The minimum atomic E-state index is 0.203. The molecule has 2 aliphatic rings. The van der Waals surface area contributed by atoms with Gasteiger partial charge in [0.25, 0.3) is 0 Å². The lowest BCUT2D eigenvalue weighted by molar-refractivity contribution is -0.133. The summed E-state index contributed by atoms with van der Waals surface area (Å²) in [6.45, 7) is 7.15. The standard InChI is InChI=1S/C23H26N4O3/c1-17-3-2-4-20-19(17)14-24-27(20)8-7-23(28)26-11-9-25(10-12-26)15-18-5-6-21-22(13-18)30-16-29-21/h2-6,13-14H,7-12,15-16H2,1H3. The second-order valence-corrected chi connectivity index (χ2v) is 7.97. The van der Waals surface area contributed by atoms with Crippen molar-refractivity contribution in [1.29, 1.82) is 0 Å². The topological polar surface area (TPSA) is 59.8 Å². The zero-order valence-corrected chi connectivity index (χ0v) is 17.2. The van der Waals surface area contributed by atoms with Crippen LogP contribution in [0.1, 0.15) is 17.5 Å². The van der Waals surface area contributed by atoms with E-state index in [1.165, 1.54) is 11.1 Å². The number of rotatable bonds is 5. The van der Waals surface area contributed by atoms with E-state index >= 15 is 0 Å². The van der Waals surface area contributed by atoms with E-state index < -0.39 is 0 Å². The van der Waals surface area contributed by atoms with Gasteiger partial charge in [-0.1, -0.05) is 18.2 Å². The third-order valence-electron chi connectivity index (χ3n) is 6.01. The van der Waals surface area contributed by atoms with Gasteiger partial charge in [-0.2, -0.15) is 5.10 Å². The normalized spacial score (nSPS) is 16.4. The summed E-state index contributed by atoms with van der Waals surface area (Å²) in [4.78, 5) is 17.1. The molecule has 30 heavy (non-hydrogen) atoms. The number of piperazine rings is 1. The highest BCUT2D eigenvalue weighted by atomic mass is 16.7. The van der Waals surface area contributed by atoms with Crippen LogP contribution in [0.25, 0.3) is 10.9 Å². The number of ether oxygens (including phenoxy) is 2. The quantitative estimate of drug-likeness (QED) is 0.652. The number of hydrogen-bond acceptors (Lipinski definition) is 5. The van der Waals surface area contributed by atoms with Crippen molar-refractivity contribution in [3.05, 3.63) is 53.7 Å². The van der Waals surface area contributed by atoms with E-state index in [2.05, 4.69) is 41.2 Å². The summed E-state index contributed by atoms with van der Waals surface area (Å²) in [5.41, 5.74) is 3.51. The molecule has 156 valence electrons. The zero-order chi connectivity index (χ0) is 20.5. The molecule has 0 unspecified atom stereocenters. The molecule has 5 rings (SSSR count). The second kappa shape index (κ2) is 7.99. The first-order chi connectivity index (χ1) is 14.7. The van der Waals surface area contributed by atoms with Crippen molar-refractivity contribution in [2.75, 3.05) is 33.0 Å². The van der Waals surface area contributed by atoms with E-state index in [9.17, 15) is 4.79 Å². The first-order valence-electron chi connectivity index (χ1n) is 10.5.